The molecule has 2 saturated heterocycles. The van der Waals surface area contributed by atoms with Crippen molar-refractivity contribution in [1.82, 2.24) is 0 Å². The Hall–Kier alpha value is -1.00. The van der Waals surface area contributed by atoms with Gasteiger partial charge >= 0.3 is 5.97 Å². The second-order valence-corrected chi connectivity index (χ2v) is 9.82. The van der Waals surface area contributed by atoms with Gasteiger partial charge in [0, 0.05) is 16.4 Å². The van der Waals surface area contributed by atoms with Crippen LogP contribution in [0.2, 0.25) is 0 Å². The summed E-state index contributed by atoms with van der Waals surface area (Å²) in [6, 6.07) is 10.4. The van der Waals surface area contributed by atoms with Crippen molar-refractivity contribution < 1.29 is 14.3 Å². The van der Waals surface area contributed by atoms with Gasteiger partial charge in [0.05, 0.1) is 18.1 Å². The summed E-state index contributed by atoms with van der Waals surface area (Å²) >= 11 is 2.11. The number of epoxide rings is 1. The van der Waals surface area contributed by atoms with Crippen molar-refractivity contribution in [1.29, 1.82) is 0 Å². The molecule has 1 aromatic carbocycles. The molecule has 0 spiro atoms. The third-order valence-electron chi connectivity index (χ3n) is 6.78. The van der Waals surface area contributed by atoms with E-state index < -0.39 is 5.60 Å². The normalized spacial score (nSPS) is 41.0. The van der Waals surface area contributed by atoms with Crippen molar-refractivity contribution in [3.05, 3.63) is 35.9 Å². The molecular formula is C21H26O3S. The zero-order valence-electron chi connectivity index (χ0n) is 14.7. The summed E-state index contributed by atoms with van der Waals surface area (Å²) in [6.07, 6.45) is 7.10. The zero-order valence-corrected chi connectivity index (χ0v) is 15.5. The van der Waals surface area contributed by atoms with Crippen LogP contribution in [0.25, 0.3) is 0 Å². The van der Waals surface area contributed by atoms with Crippen molar-refractivity contribution in [2.75, 3.05) is 0 Å². The summed E-state index contributed by atoms with van der Waals surface area (Å²) in [5.74, 6) is 0.424. The molecule has 25 heavy (non-hydrogen) atoms. The van der Waals surface area contributed by atoms with E-state index in [-0.39, 0.29) is 11.9 Å². The molecule has 4 heteroatoms. The second-order valence-electron chi connectivity index (χ2n) is 8.34. The fraction of sp³-hybridized carbons (Fsp3) is 0.667. The Labute approximate surface area is 153 Å². The minimum atomic E-state index is -0.506. The van der Waals surface area contributed by atoms with E-state index in [1.807, 2.05) is 6.07 Å². The number of esters is 1. The van der Waals surface area contributed by atoms with Crippen LogP contribution in [0.3, 0.4) is 0 Å². The number of ether oxygens (including phenoxy) is 2. The smallest absolute Gasteiger partial charge is 0.309 e. The van der Waals surface area contributed by atoms with Crippen LogP contribution in [-0.4, -0.2) is 28.7 Å². The highest BCUT2D eigenvalue weighted by molar-refractivity contribution is 8.07. The van der Waals surface area contributed by atoms with Crippen molar-refractivity contribution in [2.24, 2.45) is 11.8 Å². The fourth-order valence-corrected chi connectivity index (χ4v) is 6.18. The average Bonchev–Trinajstić information content (AvgIpc) is 3.54. The lowest BCUT2D eigenvalue weighted by Crippen LogP contribution is -2.41. The van der Waals surface area contributed by atoms with Crippen molar-refractivity contribution in [3.63, 3.8) is 0 Å². The number of carbonyl (C=O) groups excluding carboxylic acids is 1. The third kappa shape index (κ3) is 3.02. The van der Waals surface area contributed by atoms with Gasteiger partial charge in [-0.3, -0.25) is 4.79 Å². The van der Waals surface area contributed by atoms with Gasteiger partial charge in [-0.05, 0) is 51.0 Å². The lowest BCUT2D eigenvalue weighted by Gasteiger charge is -2.40. The summed E-state index contributed by atoms with van der Waals surface area (Å²) in [5, 5.41) is 1.66. The summed E-state index contributed by atoms with van der Waals surface area (Å²) in [6.45, 7) is 2.15. The molecule has 0 amide bonds. The van der Waals surface area contributed by atoms with Crippen LogP contribution in [0.1, 0.15) is 51.0 Å². The molecule has 1 aromatic rings. The Bertz CT molecular complexity index is 662. The maximum Gasteiger partial charge on any atom is 0.309 e. The Kier molecular flexibility index (Phi) is 3.90. The van der Waals surface area contributed by atoms with Crippen LogP contribution in [0.15, 0.2) is 30.3 Å². The van der Waals surface area contributed by atoms with Gasteiger partial charge in [-0.1, -0.05) is 30.3 Å². The SMILES string of the molecule is CC(OC(=O)C1CCC2OC2C1)(c1ccccc1)C1CCC2SC2C1. The van der Waals surface area contributed by atoms with E-state index in [0.717, 1.165) is 41.7 Å². The molecule has 7 unspecified atom stereocenters. The number of thioether (sulfide) groups is 1. The molecule has 5 rings (SSSR count). The Morgan fingerprint density at radius 1 is 1.08 bits per heavy atom. The van der Waals surface area contributed by atoms with Crippen molar-refractivity contribution >= 4 is 17.7 Å². The van der Waals surface area contributed by atoms with Gasteiger partial charge in [0.1, 0.15) is 5.60 Å². The molecule has 0 radical (unpaired) electrons. The summed E-state index contributed by atoms with van der Waals surface area (Å²) in [5.41, 5.74) is 0.641. The summed E-state index contributed by atoms with van der Waals surface area (Å²) in [4.78, 5) is 13.0. The molecule has 7 atom stereocenters. The highest BCUT2D eigenvalue weighted by Crippen LogP contribution is 2.56. The number of rotatable bonds is 4. The third-order valence-corrected chi connectivity index (χ3v) is 8.25. The van der Waals surface area contributed by atoms with Crippen LogP contribution in [0, 0.1) is 11.8 Å². The number of hydrogen-bond acceptors (Lipinski definition) is 4. The second kappa shape index (κ2) is 6.02. The lowest BCUT2D eigenvalue weighted by atomic mass is 9.74. The topological polar surface area (TPSA) is 38.8 Å². The van der Waals surface area contributed by atoms with E-state index >= 15 is 0 Å². The minimum absolute atomic E-state index is 0.00845. The monoisotopic (exact) mass is 358 g/mol. The Morgan fingerprint density at radius 2 is 1.92 bits per heavy atom. The van der Waals surface area contributed by atoms with Gasteiger partial charge in [-0.2, -0.15) is 11.8 Å². The molecule has 4 aliphatic rings. The van der Waals surface area contributed by atoms with Gasteiger partial charge in [0.25, 0.3) is 0 Å². The minimum Gasteiger partial charge on any atom is -0.454 e. The van der Waals surface area contributed by atoms with Crippen molar-refractivity contribution in [2.45, 2.75) is 73.8 Å². The van der Waals surface area contributed by atoms with Gasteiger partial charge in [0.15, 0.2) is 0 Å². The van der Waals surface area contributed by atoms with Crippen LogP contribution in [-0.2, 0) is 19.9 Å². The van der Waals surface area contributed by atoms with E-state index in [0.29, 0.717) is 18.1 Å². The predicted octanol–water partition coefficient (Wildman–Crippen LogP) is 4.30. The molecule has 134 valence electrons. The molecule has 2 saturated carbocycles. The molecule has 2 heterocycles. The van der Waals surface area contributed by atoms with Crippen LogP contribution in [0.5, 0.6) is 0 Å². The van der Waals surface area contributed by atoms with E-state index in [4.69, 9.17) is 9.47 Å². The largest absolute Gasteiger partial charge is 0.454 e. The van der Waals surface area contributed by atoms with Gasteiger partial charge in [-0.25, -0.2) is 0 Å². The molecule has 0 aromatic heterocycles. The van der Waals surface area contributed by atoms with Gasteiger partial charge in [-0.15, -0.1) is 0 Å². The first-order valence-electron chi connectivity index (χ1n) is 9.73. The maximum atomic E-state index is 13.0. The zero-order chi connectivity index (χ0) is 17.0. The molecular weight excluding hydrogens is 332 g/mol. The summed E-state index contributed by atoms with van der Waals surface area (Å²) < 4.78 is 11.9. The highest BCUT2D eigenvalue weighted by Gasteiger charge is 2.52. The predicted molar refractivity (Wildman–Crippen MR) is 98.4 cm³/mol. The first-order valence-corrected chi connectivity index (χ1v) is 10.7. The van der Waals surface area contributed by atoms with Crippen LogP contribution >= 0.6 is 11.8 Å². The first kappa shape index (κ1) is 16.2. The number of fused-ring (bicyclic) bond motifs is 2. The first-order chi connectivity index (χ1) is 12.1. The molecule has 0 N–H and O–H groups in total. The molecule has 2 aliphatic heterocycles. The van der Waals surface area contributed by atoms with E-state index in [2.05, 4.69) is 43.0 Å². The Balaban J connectivity index is 1.38. The molecule has 3 nitrogen and oxygen atoms in total. The van der Waals surface area contributed by atoms with E-state index in [1.165, 1.54) is 12.8 Å². The van der Waals surface area contributed by atoms with E-state index in [1.54, 1.807) is 0 Å². The lowest BCUT2D eigenvalue weighted by molar-refractivity contribution is -0.173. The fourth-order valence-electron chi connectivity index (χ4n) is 4.96. The molecule has 2 aliphatic carbocycles. The highest BCUT2D eigenvalue weighted by atomic mass is 32.2. The summed E-state index contributed by atoms with van der Waals surface area (Å²) in [7, 11) is 0. The van der Waals surface area contributed by atoms with Gasteiger partial charge < -0.3 is 9.47 Å². The van der Waals surface area contributed by atoms with Crippen LogP contribution < -0.4 is 0 Å². The van der Waals surface area contributed by atoms with Crippen LogP contribution in [0.4, 0.5) is 0 Å². The number of benzene rings is 1. The number of carbonyl (C=O) groups is 1. The van der Waals surface area contributed by atoms with Gasteiger partial charge in [0.2, 0.25) is 0 Å². The molecule has 4 fully saturated rings. The Morgan fingerprint density at radius 3 is 2.68 bits per heavy atom. The van der Waals surface area contributed by atoms with Crippen molar-refractivity contribution in [3.8, 4) is 0 Å². The standard InChI is InChI=1S/C21H26O3S/c1-21(14-5-3-2-4-6-14,15-8-10-18-19(12-15)25-18)24-20(22)13-7-9-16-17(11-13)23-16/h2-6,13,15-19H,7-12H2,1H3. The maximum absolute atomic E-state index is 13.0. The average molecular weight is 359 g/mol. The van der Waals surface area contributed by atoms with E-state index in [9.17, 15) is 4.79 Å². The number of hydrogen-bond donors (Lipinski definition) is 0. The molecule has 0 bridgehead atoms. The quantitative estimate of drug-likeness (QED) is 0.594.